The second-order valence-corrected chi connectivity index (χ2v) is 7.33. The van der Waals surface area contributed by atoms with Crippen molar-refractivity contribution in [3.8, 4) is 11.5 Å². The maximum Gasteiger partial charge on any atom is 0.191 e. The normalized spacial score (nSPS) is 14.4. The first-order valence-electron chi connectivity index (χ1n) is 10.7. The molecule has 1 fully saturated rings. The van der Waals surface area contributed by atoms with Crippen molar-refractivity contribution in [1.82, 2.24) is 10.6 Å². The van der Waals surface area contributed by atoms with Crippen molar-refractivity contribution in [3.63, 3.8) is 0 Å². The lowest BCUT2D eigenvalue weighted by atomic mass is 10.0. The number of rotatable bonds is 12. The maximum atomic E-state index is 8.90. The topological polar surface area (TPSA) is 75.1 Å². The van der Waals surface area contributed by atoms with E-state index in [1.165, 1.54) is 44.9 Å². The Morgan fingerprint density at radius 2 is 1.97 bits per heavy atom. The number of ether oxygens (including phenoxy) is 2. The molecule has 3 N–H and O–H groups in total. The average molecular weight is 519 g/mol. The van der Waals surface area contributed by atoms with Crippen LogP contribution in [-0.2, 0) is 6.54 Å². The van der Waals surface area contributed by atoms with E-state index in [1.54, 1.807) is 7.11 Å². The van der Waals surface area contributed by atoms with Crippen LogP contribution in [0.2, 0.25) is 0 Å². The Hall–Kier alpha value is -1.22. The number of hydrogen-bond acceptors (Lipinski definition) is 4. The molecule has 0 heterocycles. The molecule has 0 bridgehead atoms. The molecule has 1 aliphatic carbocycles. The number of nitrogens with one attached hydrogen (secondary N) is 2. The van der Waals surface area contributed by atoms with Crippen molar-refractivity contribution in [2.45, 2.75) is 58.4 Å². The van der Waals surface area contributed by atoms with Gasteiger partial charge in [-0.1, -0.05) is 44.6 Å². The summed E-state index contributed by atoms with van der Waals surface area (Å²) in [4.78, 5) is 4.68. The smallest absolute Gasteiger partial charge is 0.191 e. The quantitative estimate of drug-likeness (QED) is 0.168. The number of guanidine groups is 1. The predicted molar refractivity (Wildman–Crippen MR) is 130 cm³/mol. The third kappa shape index (κ3) is 9.89. The molecular weight excluding hydrogens is 481 g/mol. The zero-order chi connectivity index (χ0) is 20.0. The SMILES string of the molecule is CCNC(=NCc1ccc(OCCO)c(OC)c1)NCCCCC1CCCC1.I. The van der Waals surface area contributed by atoms with Crippen LogP contribution in [0.15, 0.2) is 23.2 Å². The van der Waals surface area contributed by atoms with Gasteiger partial charge in [0.25, 0.3) is 0 Å². The number of nitrogens with zero attached hydrogens (tertiary/aromatic N) is 1. The van der Waals surface area contributed by atoms with E-state index in [4.69, 9.17) is 14.6 Å². The molecule has 0 aromatic heterocycles. The number of aliphatic hydroxyl groups is 1. The Morgan fingerprint density at radius 3 is 2.66 bits per heavy atom. The van der Waals surface area contributed by atoms with Gasteiger partial charge >= 0.3 is 0 Å². The summed E-state index contributed by atoms with van der Waals surface area (Å²) in [5.41, 5.74) is 1.05. The summed E-state index contributed by atoms with van der Waals surface area (Å²) < 4.78 is 10.9. The van der Waals surface area contributed by atoms with Crippen LogP contribution in [0.5, 0.6) is 11.5 Å². The van der Waals surface area contributed by atoms with Gasteiger partial charge < -0.3 is 25.2 Å². The van der Waals surface area contributed by atoms with Gasteiger partial charge in [-0.15, -0.1) is 24.0 Å². The zero-order valence-electron chi connectivity index (χ0n) is 17.9. The minimum absolute atomic E-state index is 0. The fourth-order valence-electron chi connectivity index (χ4n) is 3.66. The lowest BCUT2D eigenvalue weighted by Gasteiger charge is -2.13. The van der Waals surface area contributed by atoms with E-state index < -0.39 is 0 Å². The van der Waals surface area contributed by atoms with Gasteiger partial charge in [-0.25, -0.2) is 4.99 Å². The van der Waals surface area contributed by atoms with Crippen LogP contribution in [0.25, 0.3) is 0 Å². The Balaban J connectivity index is 0.00000420. The lowest BCUT2D eigenvalue weighted by Crippen LogP contribution is -2.37. The molecule has 0 radical (unpaired) electrons. The first-order valence-corrected chi connectivity index (χ1v) is 10.7. The monoisotopic (exact) mass is 519 g/mol. The summed E-state index contributed by atoms with van der Waals surface area (Å²) >= 11 is 0. The molecule has 166 valence electrons. The minimum Gasteiger partial charge on any atom is -0.493 e. The Kier molecular flexibility index (Phi) is 13.9. The summed E-state index contributed by atoms with van der Waals surface area (Å²) in [6.45, 7) is 4.67. The molecule has 0 spiro atoms. The Morgan fingerprint density at radius 1 is 1.17 bits per heavy atom. The molecule has 6 nitrogen and oxygen atoms in total. The third-order valence-corrected chi connectivity index (χ3v) is 5.15. The second kappa shape index (κ2) is 15.6. The van der Waals surface area contributed by atoms with Crippen LogP contribution in [0.4, 0.5) is 0 Å². The summed E-state index contributed by atoms with van der Waals surface area (Å²) in [7, 11) is 1.62. The number of unbranched alkanes of at least 4 members (excludes halogenated alkanes) is 1. The molecule has 0 unspecified atom stereocenters. The number of benzene rings is 1. The van der Waals surface area contributed by atoms with Crippen LogP contribution < -0.4 is 20.1 Å². The standard InChI is InChI=1S/C22H37N3O3.HI/c1-3-23-22(24-13-7-6-10-18-8-4-5-9-18)25-17-19-11-12-20(28-15-14-26)21(16-19)27-2;/h11-12,16,18,26H,3-10,13-15,17H2,1-2H3,(H2,23,24,25);1H. The van der Waals surface area contributed by atoms with E-state index in [9.17, 15) is 0 Å². The van der Waals surface area contributed by atoms with E-state index in [2.05, 4.69) is 22.5 Å². The highest BCUT2D eigenvalue weighted by Gasteiger charge is 2.13. The first kappa shape index (κ1) is 25.8. The van der Waals surface area contributed by atoms with Gasteiger partial charge in [0.05, 0.1) is 20.3 Å². The molecular formula is C22H38IN3O3. The highest BCUT2D eigenvalue weighted by molar-refractivity contribution is 14.0. The molecule has 7 heteroatoms. The molecule has 29 heavy (non-hydrogen) atoms. The van der Waals surface area contributed by atoms with E-state index in [0.717, 1.165) is 30.5 Å². The number of aliphatic imine (C=N–C) groups is 1. The molecule has 0 amide bonds. The minimum atomic E-state index is -0.0203. The highest BCUT2D eigenvalue weighted by Crippen LogP contribution is 2.29. The van der Waals surface area contributed by atoms with Crippen LogP contribution in [0.3, 0.4) is 0 Å². The summed E-state index contributed by atoms with van der Waals surface area (Å²) in [6.07, 6.45) is 9.59. The predicted octanol–water partition coefficient (Wildman–Crippen LogP) is 4.10. The third-order valence-electron chi connectivity index (χ3n) is 5.15. The van der Waals surface area contributed by atoms with Gasteiger partial charge in [0.15, 0.2) is 17.5 Å². The molecule has 1 aliphatic rings. The van der Waals surface area contributed by atoms with E-state index in [-0.39, 0.29) is 37.2 Å². The number of aliphatic hydroxyl groups excluding tert-OH is 1. The summed E-state index contributed by atoms with van der Waals surface area (Å²) in [6, 6.07) is 5.77. The first-order chi connectivity index (χ1) is 13.8. The van der Waals surface area contributed by atoms with Gasteiger partial charge in [0.2, 0.25) is 0 Å². The largest absolute Gasteiger partial charge is 0.493 e. The number of halogens is 1. The van der Waals surface area contributed by atoms with Crippen LogP contribution in [0.1, 0.15) is 57.4 Å². The Bertz CT molecular complexity index is 593. The summed E-state index contributed by atoms with van der Waals surface area (Å²) in [5.74, 6) is 3.12. The maximum absolute atomic E-state index is 8.90. The van der Waals surface area contributed by atoms with Crippen molar-refractivity contribution in [3.05, 3.63) is 23.8 Å². The van der Waals surface area contributed by atoms with Crippen molar-refractivity contribution in [2.75, 3.05) is 33.4 Å². The zero-order valence-corrected chi connectivity index (χ0v) is 20.2. The molecule has 1 saturated carbocycles. The van der Waals surface area contributed by atoms with Crippen molar-refractivity contribution >= 4 is 29.9 Å². The van der Waals surface area contributed by atoms with E-state index >= 15 is 0 Å². The molecule has 0 atom stereocenters. The van der Waals surface area contributed by atoms with Crippen molar-refractivity contribution < 1.29 is 14.6 Å². The molecule has 1 aromatic carbocycles. The van der Waals surface area contributed by atoms with Gasteiger partial charge in [-0.3, -0.25) is 0 Å². The van der Waals surface area contributed by atoms with Crippen LogP contribution in [-0.4, -0.2) is 44.5 Å². The van der Waals surface area contributed by atoms with Crippen molar-refractivity contribution in [2.24, 2.45) is 10.9 Å². The van der Waals surface area contributed by atoms with Crippen molar-refractivity contribution in [1.29, 1.82) is 0 Å². The molecule has 2 rings (SSSR count). The van der Waals surface area contributed by atoms with Crippen LogP contribution in [0, 0.1) is 5.92 Å². The second-order valence-electron chi connectivity index (χ2n) is 7.33. The fourth-order valence-corrected chi connectivity index (χ4v) is 3.66. The van der Waals surface area contributed by atoms with Crippen LogP contribution >= 0.6 is 24.0 Å². The van der Waals surface area contributed by atoms with Gasteiger partial charge in [0, 0.05) is 13.1 Å². The van der Waals surface area contributed by atoms with Gasteiger partial charge in [0.1, 0.15) is 6.61 Å². The van der Waals surface area contributed by atoms with E-state index in [0.29, 0.717) is 18.0 Å². The molecule has 0 aliphatic heterocycles. The summed E-state index contributed by atoms with van der Waals surface area (Å²) in [5, 5.41) is 15.7. The number of methoxy groups -OCH3 is 1. The lowest BCUT2D eigenvalue weighted by molar-refractivity contribution is 0.196. The van der Waals surface area contributed by atoms with Gasteiger partial charge in [-0.05, 0) is 37.0 Å². The fraction of sp³-hybridized carbons (Fsp3) is 0.682. The van der Waals surface area contributed by atoms with Gasteiger partial charge in [-0.2, -0.15) is 0 Å². The molecule has 0 saturated heterocycles. The Labute approximate surface area is 192 Å². The van der Waals surface area contributed by atoms with E-state index in [1.807, 2.05) is 18.2 Å². The highest BCUT2D eigenvalue weighted by atomic mass is 127. The average Bonchev–Trinajstić information content (AvgIpc) is 3.23. The number of hydrogen-bond donors (Lipinski definition) is 3. The molecule has 1 aromatic rings.